The Balaban J connectivity index is 2.83. The zero-order chi connectivity index (χ0) is 12.3. The molecule has 0 saturated heterocycles. The van der Waals surface area contributed by atoms with E-state index >= 15 is 0 Å². The van der Waals surface area contributed by atoms with Crippen molar-refractivity contribution in [3.05, 3.63) is 16.4 Å². The molecule has 90 valence electrons. The molecular formula is C10H17ClN4S. The summed E-state index contributed by atoms with van der Waals surface area (Å²) in [5.41, 5.74) is 7.37. The molecule has 0 aliphatic rings. The van der Waals surface area contributed by atoms with E-state index in [4.69, 9.17) is 29.6 Å². The molecule has 1 heterocycles. The van der Waals surface area contributed by atoms with Gasteiger partial charge in [0, 0.05) is 19.6 Å². The van der Waals surface area contributed by atoms with Gasteiger partial charge in [0.15, 0.2) is 0 Å². The maximum Gasteiger partial charge on any atom is 0.0870 e. The highest BCUT2D eigenvalue weighted by molar-refractivity contribution is 7.80. The van der Waals surface area contributed by atoms with Gasteiger partial charge in [-0.05, 0) is 20.9 Å². The summed E-state index contributed by atoms with van der Waals surface area (Å²) in [5, 5.41) is 5.09. The number of thiocarbonyl (C=S) groups is 1. The number of nitrogens with zero attached hydrogens (tertiary/aromatic N) is 3. The van der Waals surface area contributed by atoms with Crippen LogP contribution < -0.4 is 5.73 Å². The Bertz CT molecular complexity index is 388. The van der Waals surface area contributed by atoms with Crippen molar-refractivity contribution in [2.24, 2.45) is 5.73 Å². The number of aryl methyl sites for hydroxylation is 2. The van der Waals surface area contributed by atoms with Gasteiger partial charge in [0.25, 0.3) is 0 Å². The lowest BCUT2D eigenvalue weighted by molar-refractivity contribution is 0.358. The summed E-state index contributed by atoms with van der Waals surface area (Å²) in [6.07, 6.45) is 0. The quantitative estimate of drug-likeness (QED) is 0.817. The first kappa shape index (κ1) is 13.4. The second-order valence-corrected chi connectivity index (χ2v) is 4.70. The van der Waals surface area contributed by atoms with Gasteiger partial charge in [0.05, 0.1) is 21.4 Å². The minimum absolute atomic E-state index is 0.484. The zero-order valence-corrected chi connectivity index (χ0v) is 11.4. The van der Waals surface area contributed by atoms with Gasteiger partial charge >= 0.3 is 0 Å². The number of hydrogen-bond donors (Lipinski definition) is 1. The SMILES string of the molecule is CCn1nc(C)c(Cl)c1CN(C)CC(N)=S. The highest BCUT2D eigenvalue weighted by Crippen LogP contribution is 2.21. The van der Waals surface area contributed by atoms with Crippen LogP contribution in [0.4, 0.5) is 0 Å². The molecule has 0 amide bonds. The first-order valence-corrected chi connectivity index (χ1v) is 5.93. The summed E-state index contributed by atoms with van der Waals surface area (Å²) in [6, 6.07) is 0. The van der Waals surface area contributed by atoms with Gasteiger partial charge in [-0.1, -0.05) is 23.8 Å². The van der Waals surface area contributed by atoms with E-state index in [0.29, 0.717) is 18.1 Å². The molecule has 1 rings (SSSR count). The van der Waals surface area contributed by atoms with Crippen molar-refractivity contribution in [2.45, 2.75) is 26.9 Å². The van der Waals surface area contributed by atoms with Gasteiger partial charge < -0.3 is 5.73 Å². The van der Waals surface area contributed by atoms with Crippen molar-refractivity contribution in [3.63, 3.8) is 0 Å². The smallest absolute Gasteiger partial charge is 0.0870 e. The van der Waals surface area contributed by atoms with Crippen molar-refractivity contribution in [1.29, 1.82) is 0 Å². The Kier molecular flexibility index (Phi) is 4.70. The summed E-state index contributed by atoms with van der Waals surface area (Å²) in [6.45, 7) is 6.04. The number of aromatic nitrogens is 2. The monoisotopic (exact) mass is 260 g/mol. The highest BCUT2D eigenvalue weighted by atomic mass is 35.5. The summed E-state index contributed by atoms with van der Waals surface area (Å²) in [5.74, 6) is 0. The first-order chi connectivity index (χ1) is 7.45. The Hall–Kier alpha value is -0.650. The minimum Gasteiger partial charge on any atom is -0.392 e. The van der Waals surface area contributed by atoms with Crippen LogP contribution >= 0.6 is 23.8 Å². The topological polar surface area (TPSA) is 47.1 Å². The second-order valence-electron chi connectivity index (χ2n) is 3.80. The predicted molar refractivity (Wildman–Crippen MR) is 70.8 cm³/mol. The molecule has 0 aliphatic heterocycles. The third-order valence-corrected chi connectivity index (χ3v) is 2.92. The Morgan fingerprint density at radius 2 is 2.25 bits per heavy atom. The lowest BCUT2D eigenvalue weighted by Gasteiger charge is -2.16. The van der Waals surface area contributed by atoms with Crippen LogP contribution in [0.5, 0.6) is 0 Å². The van der Waals surface area contributed by atoms with Crippen LogP contribution in [0.25, 0.3) is 0 Å². The highest BCUT2D eigenvalue weighted by Gasteiger charge is 2.14. The lowest BCUT2D eigenvalue weighted by Crippen LogP contribution is -2.29. The predicted octanol–water partition coefficient (Wildman–Crippen LogP) is 1.58. The average molecular weight is 261 g/mol. The van der Waals surface area contributed by atoms with Crippen molar-refractivity contribution in [3.8, 4) is 0 Å². The third-order valence-electron chi connectivity index (χ3n) is 2.30. The summed E-state index contributed by atoms with van der Waals surface area (Å²) < 4.78 is 1.91. The fourth-order valence-electron chi connectivity index (χ4n) is 1.60. The molecule has 0 unspecified atom stereocenters. The molecule has 0 aliphatic carbocycles. The van der Waals surface area contributed by atoms with Gasteiger partial charge in [-0.15, -0.1) is 0 Å². The van der Waals surface area contributed by atoms with E-state index in [1.54, 1.807) is 0 Å². The Labute approximate surface area is 106 Å². The largest absolute Gasteiger partial charge is 0.392 e. The molecule has 1 aromatic heterocycles. The van der Waals surface area contributed by atoms with Gasteiger partial charge in [-0.25, -0.2) is 0 Å². The number of likely N-dealkylation sites (N-methyl/N-ethyl adjacent to an activating group) is 1. The summed E-state index contributed by atoms with van der Waals surface area (Å²) in [4.78, 5) is 2.51. The van der Waals surface area contributed by atoms with Crippen LogP contribution in [0.3, 0.4) is 0 Å². The van der Waals surface area contributed by atoms with Crippen LogP contribution in [0.15, 0.2) is 0 Å². The van der Waals surface area contributed by atoms with Crippen molar-refractivity contribution >= 4 is 28.8 Å². The molecule has 0 saturated carbocycles. The van der Waals surface area contributed by atoms with Crippen LogP contribution in [-0.2, 0) is 13.1 Å². The van der Waals surface area contributed by atoms with Crippen LogP contribution in [-0.4, -0.2) is 33.3 Å². The molecule has 0 spiro atoms. The van der Waals surface area contributed by atoms with E-state index in [0.717, 1.165) is 23.0 Å². The number of halogens is 1. The number of rotatable bonds is 5. The Morgan fingerprint density at radius 1 is 1.62 bits per heavy atom. The van der Waals surface area contributed by atoms with Gasteiger partial charge in [0.1, 0.15) is 0 Å². The average Bonchev–Trinajstić information content (AvgIpc) is 2.44. The summed E-state index contributed by atoms with van der Waals surface area (Å²) >= 11 is 11.1. The van der Waals surface area contributed by atoms with E-state index < -0.39 is 0 Å². The molecule has 0 bridgehead atoms. The molecule has 0 radical (unpaired) electrons. The van der Waals surface area contributed by atoms with Crippen LogP contribution in [0.1, 0.15) is 18.3 Å². The minimum atomic E-state index is 0.484. The van der Waals surface area contributed by atoms with E-state index in [9.17, 15) is 0 Å². The fourth-order valence-corrected chi connectivity index (χ4v) is 2.01. The molecular weight excluding hydrogens is 244 g/mol. The number of hydrogen-bond acceptors (Lipinski definition) is 3. The maximum absolute atomic E-state index is 6.20. The number of nitrogens with two attached hydrogens (primary N) is 1. The van der Waals surface area contributed by atoms with Crippen molar-refractivity contribution < 1.29 is 0 Å². The van der Waals surface area contributed by atoms with E-state index in [-0.39, 0.29) is 0 Å². The molecule has 4 nitrogen and oxygen atoms in total. The summed E-state index contributed by atoms with van der Waals surface area (Å²) in [7, 11) is 1.96. The van der Waals surface area contributed by atoms with Crippen molar-refractivity contribution in [2.75, 3.05) is 13.6 Å². The van der Waals surface area contributed by atoms with E-state index in [2.05, 4.69) is 5.10 Å². The van der Waals surface area contributed by atoms with Crippen LogP contribution in [0.2, 0.25) is 5.02 Å². The lowest BCUT2D eigenvalue weighted by atomic mass is 10.3. The van der Waals surface area contributed by atoms with E-state index in [1.807, 2.05) is 30.5 Å². The second kappa shape index (κ2) is 5.61. The standard InChI is InChI=1S/C10H17ClN4S/c1-4-15-8(10(11)7(2)13-15)5-14(3)6-9(12)16/h4-6H2,1-3H3,(H2,12,16). The molecule has 0 fully saturated rings. The molecule has 2 N–H and O–H groups in total. The zero-order valence-electron chi connectivity index (χ0n) is 9.83. The third kappa shape index (κ3) is 3.17. The van der Waals surface area contributed by atoms with Gasteiger partial charge in [-0.2, -0.15) is 5.10 Å². The van der Waals surface area contributed by atoms with Gasteiger partial charge in [0.2, 0.25) is 0 Å². The van der Waals surface area contributed by atoms with Crippen LogP contribution in [0, 0.1) is 6.92 Å². The molecule has 16 heavy (non-hydrogen) atoms. The van der Waals surface area contributed by atoms with Gasteiger partial charge in [-0.3, -0.25) is 9.58 Å². The fraction of sp³-hybridized carbons (Fsp3) is 0.600. The molecule has 1 aromatic rings. The molecule has 6 heteroatoms. The van der Waals surface area contributed by atoms with E-state index in [1.165, 1.54) is 0 Å². The normalized spacial score (nSPS) is 11.1. The molecule has 0 atom stereocenters. The van der Waals surface area contributed by atoms with Crippen molar-refractivity contribution in [1.82, 2.24) is 14.7 Å². The molecule has 0 aromatic carbocycles. The first-order valence-electron chi connectivity index (χ1n) is 5.14. The maximum atomic E-state index is 6.20. The Morgan fingerprint density at radius 3 is 2.75 bits per heavy atom.